The van der Waals surface area contributed by atoms with Crippen molar-refractivity contribution in [3.8, 4) is 0 Å². The van der Waals surface area contributed by atoms with E-state index in [2.05, 4.69) is 69.7 Å². The van der Waals surface area contributed by atoms with Crippen molar-refractivity contribution in [2.24, 2.45) is 5.18 Å². The van der Waals surface area contributed by atoms with E-state index in [-0.39, 0.29) is 11.8 Å². The number of amides is 1. The van der Waals surface area contributed by atoms with Crippen molar-refractivity contribution in [2.75, 3.05) is 5.32 Å². The largest absolute Gasteiger partial charge is 0.390 e. The first-order chi connectivity index (χ1) is 21.7. The summed E-state index contributed by atoms with van der Waals surface area (Å²) in [6.07, 6.45) is 2.72. The average molecular weight is 624 g/mol. The molecular weight excluding hydrogens is 582 g/mol. The normalized spacial score (nSPS) is 16.0. The molecule has 1 amide bonds. The fourth-order valence-corrected chi connectivity index (χ4v) is 6.09. The molecule has 0 radical (unpaired) electrons. The van der Waals surface area contributed by atoms with E-state index >= 15 is 0 Å². The predicted molar refractivity (Wildman–Crippen MR) is 182 cm³/mol. The highest BCUT2D eigenvalue weighted by Gasteiger charge is 2.33. The average Bonchev–Trinajstić information content (AvgIpc) is 3.57. The summed E-state index contributed by atoms with van der Waals surface area (Å²) < 4.78 is 5.18. The number of rotatable bonds is 3. The van der Waals surface area contributed by atoms with Crippen molar-refractivity contribution in [1.29, 1.82) is 0 Å². The van der Waals surface area contributed by atoms with Gasteiger partial charge in [-0.3, -0.25) is 14.6 Å². The SMILES string of the molecule is C=Cc1c(C)c2cc3nc(c(C(=O)OC(C)=O)c4c(C)c(C)c(cc5nc(cc1[nH]2)C(C)=C5CC)NC4)C(C)[C@@H]3C.CC(=O)N=O. The third-order valence-corrected chi connectivity index (χ3v) is 9.07. The number of H-pyrrole nitrogens is 1. The minimum atomic E-state index is -0.676. The van der Waals surface area contributed by atoms with E-state index in [1.807, 2.05) is 25.1 Å². The highest BCUT2D eigenvalue weighted by molar-refractivity contribution is 5.99. The molecule has 2 aromatic rings. The molecule has 0 saturated carbocycles. The second-order valence-electron chi connectivity index (χ2n) is 11.8. The van der Waals surface area contributed by atoms with Gasteiger partial charge in [0.2, 0.25) is 0 Å². The molecule has 4 aliphatic heterocycles. The van der Waals surface area contributed by atoms with Crippen molar-refractivity contribution < 1.29 is 19.1 Å². The van der Waals surface area contributed by atoms with E-state index in [0.717, 1.165) is 80.5 Å². The second-order valence-corrected chi connectivity index (χ2v) is 11.8. The monoisotopic (exact) mass is 623 g/mol. The number of aryl methyl sites for hydroxylation is 1. The Balaban J connectivity index is 0.000000892. The van der Waals surface area contributed by atoms with Gasteiger partial charge in [0.05, 0.1) is 22.6 Å². The molecule has 6 heterocycles. The molecule has 0 aromatic carbocycles. The molecular formula is C36H41N5O5. The Morgan fingerprint density at radius 2 is 1.65 bits per heavy atom. The summed E-state index contributed by atoms with van der Waals surface area (Å²) in [6, 6.07) is 6.26. The summed E-state index contributed by atoms with van der Waals surface area (Å²) in [5, 5.41) is 5.53. The van der Waals surface area contributed by atoms with Crippen molar-refractivity contribution in [3.63, 3.8) is 0 Å². The number of ether oxygens (including phenoxy) is 1. The Bertz CT molecular complexity index is 1900. The van der Waals surface area contributed by atoms with Gasteiger partial charge in [-0.05, 0) is 85.7 Å². The number of nitrogens with zero attached hydrogens (tertiary/aromatic N) is 3. The molecule has 46 heavy (non-hydrogen) atoms. The lowest BCUT2D eigenvalue weighted by Gasteiger charge is -2.22. The van der Waals surface area contributed by atoms with Gasteiger partial charge in [-0.1, -0.05) is 33.4 Å². The highest BCUT2D eigenvalue weighted by atomic mass is 16.6. The first kappa shape index (κ1) is 33.9. The molecule has 2 N–H and O–H groups in total. The highest BCUT2D eigenvalue weighted by Crippen LogP contribution is 2.40. The minimum Gasteiger partial charge on any atom is -0.390 e. The van der Waals surface area contributed by atoms with Crippen LogP contribution in [0.4, 0.5) is 5.69 Å². The predicted octanol–water partition coefficient (Wildman–Crippen LogP) is 8.14. The lowest BCUT2D eigenvalue weighted by atomic mass is 9.88. The molecule has 0 saturated heterocycles. The summed E-state index contributed by atoms with van der Waals surface area (Å²) in [5.41, 5.74) is 13.7. The Morgan fingerprint density at radius 3 is 2.24 bits per heavy atom. The third kappa shape index (κ3) is 6.38. The number of aromatic amines is 1. The van der Waals surface area contributed by atoms with Gasteiger partial charge < -0.3 is 15.0 Å². The van der Waals surface area contributed by atoms with E-state index in [0.29, 0.717) is 17.8 Å². The van der Waals surface area contributed by atoms with Gasteiger partial charge in [0, 0.05) is 65.4 Å². The lowest BCUT2D eigenvalue weighted by Crippen LogP contribution is -2.19. The van der Waals surface area contributed by atoms with Crippen LogP contribution in [0.5, 0.6) is 0 Å². The molecule has 2 atom stereocenters. The van der Waals surface area contributed by atoms with Crippen LogP contribution in [0.15, 0.2) is 30.0 Å². The zero-order chi connectivity index (χ0) is 34.0. The van der Waals surface area contributed by atoms with Crippen LogP contribution in [0.3, 0.4) is 0 Å². The molecule has 10 nitrogen and oxygen atoms in total. The number of esters is 2. The van der Waals surface area contributed by atoms with Crippen LogP contribution >= 0.6 is 0 Å². The van der Waals surface area contributed by atoms with Crippen LogP contribution in [0.1, 0.15) is 121 Å². The summed E-state index contributed by atoms with van der Waals surface area (Å²) in [7, 11) is 0. The zero-order valence-corrected chi connectivity index (χ0v) is 28.0. The maximum atomic E-state index is 13.5. The molecule has 2 aromatic heterocycles. The molecule has 0 aliphatic carbocycles. The van der Waals surface area contributed by atoms with Crippen LogP contribution < -0.4 is 5.32 Å². The Morgan fingerprint density at radius 1 is 0.978 bits per heavy atom. The molecule has 0 fully saturated rings. The molecule has 10 heteroatoms. The first-order valence-electron chi connectivity index (χ1n) is 15.3. The van der Waals surface area contributed by atoms with Crippen LogP contribution in [0.25, 0.3) is 28.3 Å². The lowest BCUT2D eigenvalue weighted by molar-refractivity contribution is -0.135. The molecule has 1 unspecified atom stereocenters. The van der Waals surface area contributed by atoms with Crippen LogP contribution in [0, 0.1) is 25.7 Å². The van der Waals surface area contributed by atoms with Crippen molar-refractivity contribution in [3.05, 3.63) is 85.8 Å². The zero-order valence-electron chi connectivity index (χ0n) is 28.0. The Hall–Kier alpha value is -4.99. The van der Waals surface area contributed by atoms with Crippen molar-refractivity contribution in [1.82, 2.24) is 15.0 Å². The number of carbonyl (C=O) groups is 3. The maximum absolute atomic E-state index is 13.5. The van der Waals surface area contributed by atoms with Crippen LogP contribution in [-0.4, -0.2) is 32.8 Å². The van der Waals surface area contributed by atoms with Gasteiger partial charge in [0.15, 0.2) is 0 Å². The van der Waals surface area contributed by atoms with Crippen molar-refractivity contribution >= 4 is 51.8 Å². The van der Waals surface area contributed by atoms with Gasteiger partial charge in [-0.2, -0.15) is 0 Å². The van der Waals surface area contributed by atoms with Gasteiger partial charge in [0.25, 0.3) is 5.91 Å². The van der Waals surface area contributed by atoms with E-state index in [1.54, 1.807) is 0 Å². The number of fused-ring (bicyclic) bond motifs is 2. The quantitative estimate of drug-likeness (QED) is 0.198. The topological polar surface area (TPSA) is 143 Å². The summed E-state index contributed by atoms with van der Waals surface area (Å²) in [6.45, 7) is 21.4. The van der Waals surface area contributed by atoms with Gasteiger partial charge >= 0.3 is 11.9 Å². The van der Waals surface area contributed by atoms with Gasteiger partial charge in [-0.25, -0.2) is 9.78 Å². The van der Waals surface area contributed by atoms with E-state index in [1.165, 1.54) is 12.5 Å². The third-order valence-electron chi connectivity index (χ3n) is 9.07. The van der Waals surface area contributed by atoms with Crippen LogP contribution in [0.2, 0.25) is 0 Å². The molecule has 8 bridgehead atoms. The smallest absolute Gasteiger partial charge is 0.348 e. The van der Waals surface area contributed by atoms with E-state index in [4.69, 9.17) is 19.6 Å². The fraction of sp³-hybridized carbons (Fsp3) is 0.361. The number of carbonyl (C=O) groups excluding carboxylic acids is 3. The van der Waals surface area contributed by atoms with Crippen LogP contribution in [-0.2, 0) is 20.9 Å². The number of anilines is 1. The molecule has 240 valence electrons. The minimum absolute atomic E-state index is 0.0398. The number of nitroso groups, excluding NO2 is 1. The van der Waals surface area contributed by atoms with E-state index in [9.17, 15) is 14.4 Å². The van der Waals surface area contributed by atoms with Gasteiger partial charge in [-0.15, -0.1) is 4.91 Å². The van der Waals surface area contributed by atoms with E-state index < -0.39 is 17.8 Å². The second kappa shape index (κ2) is 13.6. The number of hydrogen-bond acceptors (Lipinski definition) is 8. The summed E-state index contributed by atoms with van der Waals surface area (Å²) in [4.78, 5) is 57.3. The molecule has 4 aliphatic rings. The molecule has 6 rings (SSSR count). The number of nitrogens with one attached hydrogen (secondary N) is 2. The van der Waals surface area contributed by atoms with Crippen molar-refractivity contribution in [2.45, 2.75) is 87.1 Å². The maximum Gasteiger partial charge on any atom is 0.348 e. The number of allylic oxidation sites excluding steroid dienone is 2. The summed E-state index contributed by atoms with van der Waals surface area (Å²) >= 11 is 0. The molecule has 0 spiro atoms. The number of hydrogen-bond donors (Lipinski definition) is 2. The standard InChI is InChI=1S/C34H38N4O3.C2H3NO2/c1-10-23-21(8)29-14-31-24(11-2)20(7)28(36-31)13-27-18(5)19(6)33(38-27)32(34(40)41-22(9)39)25-15-35-26(12-30(23)37-29)17(4)16(25)3;1-2(4)3-5/h11-14,18-19,35-36H,2,10,15H2,1,3-9H3;1H3/t18-,19?;/m0./s1. The first-order valence-corrected chi connectivity index (χ1v) is 15.3. The van der Waals surface area contributed by atoms with Gasteiger partial charge in [0.1, 0.15) is 0 Å². The Labute approximate surface area is 269 Å². The fourth-order valence-electron chi connectivity index (χ4n) is 6.09. The Kier molecular flexibility index (Phi) is 9.99. The number of aromatic nitrogens is 3. The summed E-state index contributed by atoms with van der Waals surface area (Å²) in [5.74, 6) is -2.01.